The van der Waals surface area contributed by atoms with Gasteiger partial charge < -0.3 is 9.57 Å². The molecule has 0 amide bonds. The Balaban J connectivity index is 1.68. The largest absolute Gasteiger partial charge is 0.469 e. The van der Waals surface area contributed by atoms with Crippen LogP contribution in [-0.2, 0) is 18.1 Å². The quantitative estimate of drug-likeness (QED) is 0.389. The van der Waals surface area contributed by atoms with E-state index in [4.69, 9.17) is 21.2 Å². The summed E-state index contributed by atoms with van der Waals surface area (Å²) < 4.78 is 5.64. The number of oxime groups is 1. The first-order valence-corrected chi connectivity index (χ1v) is 8.24. The first-order chi connectivity index (χ1) is 12.6. The van der Waals surface area contributed by atoms with Crippen molar-refractivity contribution in [3.8, 4) is 5.88 Å². The van der Waals surface area contributed by atoms with Gasteiger partial charge in [0.25, 0.3) is 0 Å². The number of aromatic amines is 1. The molecule has 8 nitrogen and oxygen atoms in total. The normalized spacial score (nSPS) is 11.4. The lowest BCUT2D eigenvalue weighted by Gasteiger charge is -2.09. The monoisotopic (exact) mass is 372 g/mol. The number of hydrogen-bond acceptors (Lipinski definition) is 7. The van der Waals surface area contributed by atoms with E-state index in [0.29, 0.717) is 34.7 Å². The number of nitrogens with zero attached hydrogens (tertiary/aromatic N) is 5. The van der Waals surface area contributed by atoms with Gasteiger partial charge in [0.15, 0.2) is 6.61 Å². The Morgan fingerprint density at radius 3 is 2.69 bits per heavy atom. The van der Waals surface area contributed by atoms with Gasteiger partial charge >= 0.3 is 0 Å². The molecular weight excluding hydrogens is 356 g/mol. The molecular formula is C17H17ClN6O2. The molecule has 0 bridgehead atoms. The van der Waals surface area contributed by atoms with E-state index in [1.165, 1.54) is 5.56 Å². The van der Waals surface area contributed by atoms with E-state index in [0.717, 1.165) is 5.56 Å². The van der Waals surface area contributed by atoms with Crippen LogP contribution in [0.1, 0.15) is 29.4 Å². The molecule has 2 heterocycles. The zero-order valence-corrected chi connectivity index (χ0v) is 15.1. The van der Waals surface area contributed by atoms with Crippen molar-refractivity contribution in [2.45, 2.75) is 27.1 Å². The van der Waals surface area contributed by atoms with E-state index >= 15 is 0 Å². The minimum absolute atomic E-state index is 0.106. The van der Waals surface area contributed by atoms with E-state index in [1.807, 2.05) is 31.2 Å². The number of aryl methyl sites for hydroxylation is 1. The van der Waals surface area contributed by atoms with Gasteiger partial charge in [-0.2, -0.15) is 5.21 Å². The number of H-pyrrole nitrogens is 1. The van der Waals surface area contributed by atoms with Gasteiger partial charge in [0.1, 0.15) is 11.8 Å². The molecule has 0 aliphatic heterocycles. The van der Waals surface area contributed by atoms with E-state index in [-0.39, 0.29) is 6.61 Å². The van der Waals surface area contributed by atoms with E-state index in [9.17, 15) is 0 Å². The Bertz CT molecular complexity index is 881. The topological polar surface area (TPSA) is 98.2 Å². The Hall–Kier alpha value is -3.00. The van der Waals surface area contributed by atoms with Crippen LogP contribution in [0.5, 0.6) is 5.88 Å². The molecule has 0 saturated heterocycles. The van der Waals surface area contributed by atoms with E-state index in [1.54, 1.807) is 19.1 Å². The Kier molecular flexibility index (Phi) is 5.75. The summed E-state index contributed by atoms with van der Waals surface area (Å²) in [6.45, 7) is 4.32. The predicted molar refractivity (Wildman–Crippen MR) is 95.9 cm³/mol. The van der Waals surface area contributed by atoms with E-state index < -0.39 is 0 Å². The number of rotatable bonds is 7. The third kappa shape index (κ3) is 4.76. The van der Waals surface area contributed by atoms with Crippen molar-refractivity contribution in [2.75, 3.05) is 0 Å². The molecule has 3 rings (SSSR count). The second-order valence-corrected chi connectivity index (χ2v) is 5.93. The maximum Gasteiger partial charge on any atom is 0.224 e. The highest BCUT2D eigenvalue weighted by atomic mass is 35.5. The molecule has 0 spiro atoms. The summed E-state index contributed by atoms with van der Waals surface area (Å²) in [5.74, 6) is 0.727. The van der Waals surface area contributed by atoms with Crippen molar-refractivity contribution in [3.63, 3.8) is 0 Å². The van der Waals surface area contributed by atoms with Crippen LogP contribution in [0.4, 0.5) is 0 Å². The lowest BCUT2D eigenvalue weighted by Crippen LogP contribution is -2.06. The average molecular weight is 373 g/mol. The number of nitrogens with one attached hydrogen (secondary N) is 1. The second-order valence-electron chi connectivity index (χ2n) is 5.54. The smallest absolute Gasteiger partial charge is 0.224 e. The van der Waals surface area contributed by atoms with Crippen LogP contribution >= 0.6 is 11.6 Å². The summed E-state index contributed by atoms with van der Waals surface area (Å²) in [5.41, 5.74) is 3.52. The third-order valence-corrected chi connectivity index (χ3v) is 3.71. The zero-order valence-electron chi connectivity index (χ0n) is 14.3. The third-order valence-electron chi connectivity index (χ3n) is 3.50. The molecule has 9 heteroatoms. The lowest BCUT2D eigenvalue weighted by atomic mass is 10.2. The van der Waals surface area contributed by atoms with Gasteiger partial charge in [-0.15, -0.1) is 10.2 Å². The molecule has 2 aromatic heterocycles. The molecule has 0 unspecified atom stereocenters. The van der Waals surface area contributed by atoms with E-state index in [2.05, 4.69) is 30.8 Å². The summed E-state index contributed by atoms with van der Waals surface area (Å²) >= 11 is 5.97. The highest BCUT2D eigenvalue weighted by molar-refractivity contribution is 6.29. The molecule has 0 radical (unpaired) electrons. The van der Waals surface area contributed by atoms with Crippen LogP contribution in [0.2, 0.25) is 5.15 Å². The van der Waals surface area contributed by atoms with Gasteiger partial charge in [0.05, 0.1) is 11.3 Å². The maximum atomic E-state index is 5.97. The molecule has 1 aromatic carbocycles. The molecule has 0 aliphatic carbocycles. The number of ether oxygens (including phenoxy) is 1. The summed E-state index contributed by atoms with van der Waals surface area (Å²) in [7, 11) is 0. The van der Waals surface area contributed by atoms with Gasteiger partial charge in [-0.25, -0.2) is 4.98 Å². The Morgan fingerprint density at radius 1 is 1.15 bits per heavy atom. The average Bonchev–Trinajstić information content (AvgIpc) is 3.15. The highest BCUT2D eigenvalue weighted by Gasteiger charge is 2.12. The first-order valence-electron chi connectivity index (χ1n) is 7.86. The number of tetrazole rings is 1. The number of benzene rings is 1. The maximum absolute atomic E-state index is 5.97. The van der Waals surface area contributed by atoms with Crippen molar-refractivity contribution in [1.82, 2.24) is 25.6 Å². The molecule has 134 valence electrons. The summed E-state index contributed by atoms with van der Waals surface area (Å²) in [5, 5.41) is 18.0. The fourth-order valence-electron chi connectivity index (χ4n) is 2.12. The summed E-state index contributed by atoms with van der Waals surface area (Å²) in [6.07, 6.45) is 0. The van der Waals surface area contributed by atoms with Gasteiger partial charge in [0, 0.05) is 0 Å². The number of pyridine rings is 1. The summed E-state index contributed by atoms with van der Waals surface area (Å²) in [4.78, 5) is 9.63. The van der Waals surface area contributed by atoms with Crippen molar-refractivity contribution in [3.05, 3.63) is 64.1 Å². The Morgan fingerprint density at radius 2 is 1.96 bits per heavy atom. The standard InChI is InChI=1S/C17H17ClN6O2/c1-11-3-5-13(6-4-11)9-26-22-12(2)14-7-8-15(18)19-17(14)25-10-16-20-23-24-21-16/h3-8H,9-10H2,1-2H3,(H,20,21,23,24)/b22-12+. The van der Waals surface area contributed by atoms with Crippen LogP contribution in [0.25, 0.3) is 0 Å². The molecule has 0 fully saturated rings. The predicted octanol–water partition coefficient (Wildman–Crippen LogP) is 3.08. The van der Waals surface area contributed by atoms with Crippen LogP contribution in [0.3, 0.4) is 0 Å². The van der Waals surface area contributed by atoms with Gasteiger partial charge in [-0.1, -0.05) is 51.8 Å². The van der Waals surface area contributed by atoms with Crippen molar-refractivity contribution in [2.24, 2.45) is 5.16 Å². The minimum atomic E-state index is 0.106. The fourth-order valence-corrected chi connectivity index (χ4v) is 2.26. The highest BCUT2D eigenvalue weighted by Crippen LogP contribution is 2.21. The van der Waals surface area contributed by atoms with Crippen molar-refractivity contribution >= 4 is 17.3 Å². The Labute approximate surface area is 155 Å². The van der Waals surface area contributed by atoms with Crippen molar-refractivity contribution in [1.29, 1.82) is 0 Å². The SMILES string of the molecule is C/C(=N\OCc1ccc(C)cc1)c1ccc(Cl)nc1OCc1nn[nH]n1. The van der Waals surface area contributed by atoms with Crippen molar-refractivity contribution < 1.29 is 9.57 Å². The van der Waals surface area contributed by atoms with Gasteiger partial charge in [-0.3, -0.25) is 0 Å². The van der Waals surface area contributed by atoms with Gasteiger partial charge in [-0.05, 0) is 31.5 Å². The first kappa shape index (κ1) is 17.8. The number of aromatic nitrogens is 5. The van der Waals surface area contributed by atoms with Crippen LogP contribution in [0, 0.1) is 6.92 Å². The second kappa shape index (κ2) is 8.39. The molecule has 1 N–H and O–H groups in total. The van der Waals surface area contributed by atoms with Crippen LogP contribution in [0.15, 0.2) is 41.6 Å². The molecule has 26 heavy (non-hydrogen) atoms. The lowest BCUT2D eigenvalue weighted by molar-refractivity contribution is 0.130. The molecule has 0 saturated carbocycles. The number of halogens is 1. The molecule has 0 atom stereocenters. The molecule has 3 aromatic rings. The fraction of sp³-hybridized carbons (Fsp3) is 0.235. The minimum Gasteiger partial charge on any atom is -0.469 e. The summed E-state index contributed by atoms with van der Waals surface area (Å²) in [6, 6.07) is 11.5. The van der Waals surface area contributed by atoms with Crippen LogP contribution < -0.4 is 4.74 Å². The van der Waals surface area contributed by atoms with Crippen LogP contribution in [-0.4, -0.2) is 31.3 Å². The van der Waals surface area contributed by atoms with Gasteiger partial charge in [0.2, 0.25) is 11.7 Å². The molecule has 0 aliphatic rings. The zero-order chi connectivity index (χ0) is 18.4. The number of hydrogen-bond donors (Lipinski definition) is 1.